The Hall–Kier alpha value is -2.62. The zero-order valence-corrected chi connectivity index (χ0v) is 11.8. The summed E-state index contributed by atoms with van der Waals surface area (Å²) < 4.78 is 15.1. The van der Waals surface area contributed by atoms with Crippen LogP contribution in [0.1, 0.15) is 11.3 Å². The molecule has 0 fully saturated rings. The van der Waals surface area contributed by atoms with E-state index < -0.39 is 0 Å². The van der Waals surface area contributed by atoms with Crippen molar-refractivity contribution in [1.29, 1.82) is 0 Å². The highest BCUT2D eigenvalue weighted by Crippen LogP contribution is 2.14. The predicted octanol–water partition coefficient (Wildman–Crippen LogP) is 3.93. The van der Waals surface area contributed by atoms with E-state index in [2.05, 4.69) is 10.4 Å². The van der Waals surface area contributed by atoms with Crippen LogP contribution in [-0.2, 0) is 6.54 Å². The minimum atomic E-state index is -0.229. The van der Waals surface area contributed by atoms with E-state index in [1.165, 1.54) is 12.1 Å². The average Bonchev–Trinajstić information content (AvgIpc) is 2.94. The number of anilines is 1. The smallest absolute Gasteiger partial charge is 0.125 e. The molecule has 0 radical (unpaired) electrons. The van der Waals surface area contributed by atoms with Crippen molar-refractivity contribution in [2.24, 2.45) is 0 Å². The van der Waals surface area contributed by atoms with Crippen LogP contribution >= 0.6 is 0 Å². The maximum atomic E-state index is 13.3. The molecule has 3 nitrogen and oxygen atoms in total. The van der Waals surface area contributed by atoms with Crippen molar-refractivity contribution < 1.29 is 4.39 Å². The number of aryl methyl sites for hydroxylation is 1. The Balaban J connectivity index is 1.70. The van der Waals surface area contributed by atoms with Crippen molar-refractivity contribution in [2.75, 3.05) is 5.32 Å². The number of nitrogens with one attached hydrogen (secondary N) is 1. The fourth-order valence-electron chi connectivity index (χ4n) is 2.21. The first-order valence-electron chi connectivity index (χ1n) is 6.82. The lowest BCUT2D eigenvalue weighted by Gasteiger charge is -2.06. The van der Waals surface area contributed by atoms with Gasteiger partial charge in [0.2, 0.25) is 0 Å². The molecule has 106 valence electrons. The summed E-state index contributed by atoms with van der Waals surface area (Å²) in [5.74, 6) is -0.229. The molecule has 1 heterocycles. The zero-order chi connectivity index (χ0) is 14.7. The molecule has 0 amide bonds. The van der Waals surface area contributed by atoms with Crippen LogP contribution in [-0.4, -0.2) is 9.78 Å². The number of benzene rings is 2. The number of hydrogen-bond donors (Lipinski definition) is 1. The van der Waals surface area contributed by atoms with Crippen molar-refractivity contribution >= 4 is 5.69 Å². The van der Waals surface area contributed by atoms with Gasteiger partial charge in [-0.15, -0.1) is 0 Å². The van der Waals surface area contributed by atoms with Gasteiger partial charge in [0, 0.05) is 11.9 Å². The molecule has 0 saturated carbocycles. The van der Waals surface area contributed by atoms with Crippen LogP contribution in [0.4, 0.5) is 10.1 Å². The second-order valence-electron chi connectivity index (χ2n) is 4.96. The van der Waals surface area contributed by atoms with Gasteiger partial charge >= 0.3 is 0 Å². The molecule has 0 bridgehead atoms. The molecule has 1 aromatic heterocycles. The Kier molecular flexibility index (Phi) is 3.69. The predicted molar refractivity (Wildman–Crippen MR) is 82.0 cm³/mol. The maximum absolute atomic E-state index is 13.3. The summed E-state index contributed by atoms with van der Waals surface area (Å²) in [6.07, 6.45) is 1.92. The molecule has 0 atom stereocenters. The minimum Gasteiger partial charge on any atom is -0.379 e. The molecule has 0 saturated heterocycles. The number of halogens is 1. The van der Waals surface area contributed by atoms with E-state index in [9.17, 15) is 4.39 Å². The lowest BCUT2D eigenvalue weighted by Crippen LogP contribution is -2.02. The van der Waals surface area contributed by atoms with Gasteiger partial charge in [-0.3, -0.25) is 0 Å². The van der Waals surface area contributed by atoms with Crippen molar-refractivity contribution in [3.63, 3.8) is 0 Å². The Morgan fingerprint density at radius 2 is 1.90 bits per heavy atom. The van der Waals surface area contributed by atoms with Crippen LogP contribution in [0.2, 0.25) is 0 Å². The molecule has 0 unspecified atom stereocenters. The number of aromatic nitrogens is 2. The SMILES string of the molecule is Cc1cc(F)cc(NCc2ccn(-c3ccccc3)n2)c1. The highest BCUT2D eigenvalue weighted by atomic mass is 19.1. The topological polar surface area (TPSA) is 29.9 Å². The number of para-hydroxylation sites is 1. The first kappa shape index (κ1) is 13.4. The molecule has 4 heteroatoms. The summed E-state index contributed by atoms with van der Waals surface area (Å²) in [5.41, 5.74) is 3.58. The van der Waals surface area contributed by atoms with Gasteiger partial charge in [0.05, 0.1) is 17.9 Å². The summed E-state index contributed by atoms with van der Waals surface area (Å²) in [6, 6.07) is 16.8. The first-order chi connectivity index (χ1) is 10.2. The van der Waals surface area contributed by atoms with Gasteiger partial charge in [-0.2, -0.15) is 5.10 Å². The molecule has 0 spiro atoms. The van der Waals surface area contributed by atoms with Crippen LogP contribution in [0.25, 0.3) is 5.69 Å². The monoisotopic (exact) mass is 281 g/mol. The molecule has 0 aliphatic carbocycles. The van der Waals surface area contributed by atoms with E-state index in [0.717, 1.165) is 22.6 Å². The molecule has 1 N–H and O–H groups in total. The van der Waals surface area contributed by atoms with Crippen molar-refractivity contribution in [3.05, 3.63) is 77.9 Å². The van der Waals surface area contributed by atoms with Gasteiger partial charge in [0.25, 0.3) is 0 Å². The van der Waals surface area contributed by atoms with E-state index in [4.69, 9.17) is 0 Å². The van der Waals surface area contributed by atoms with Crippen LogP contribution < -0.4 is 5.32 Å². The van der Waals surface area contributed by atoms with Gasteiger partial charge in [0.15, 0.2) is 0 Å². The Morgan fingerprint density at radius 1 is 1.10 bits per heavy atom. The van der Waals surface area contributed by atoms with Gasteiger partial charge < -0.3 is 5.32 Å². The molecular weight excluding hydrogens is 265 g/mol. The maximum Gasteiger partial charge on any atom is 0.125 e. The summed E-state index contributed by atoms with van der Waals surface area (Å²) in [4.78, 5) is 0. The lowest BCUT2D eigenvalue weighted by molar-refractivity contribution is 0.627. The average molecular weight is 281 g/mol. The number of nitrogens with zero attached hydrogens (tertiary/aromatic N) is 2. The third-order valence-electron chi connectivity index (χ3n) is 3.18. The van der Waals surface area contributed by atoms with Crippen LogP contribution in [0.3, 0.4) is 0 Å². The summed E-state index contributed by atoms with van der Waals surface area (Å²) in [7, 11) is 0. The fourth-order valence-corrected chi connectivity index (χ4v) is 2.21. The normalized spacial score (nSPS) is 10.6. The highest BCUT2D eigenvalue weighted by molar-refractivity contribution is 5.46. The first-order valence-corrected chi connectivity index (χ1v) is 6.82. The quantitative estimate of drug-likeness (QED) is 0.785. The van der Waals surface area contributed by atoms with Crippen LogP contribution in [0.15, 0.2) is 60.8 Å². The van der Waals surface area contributed by atoms with Gasteiger partial charge in [-0.05, 0) is 48.9 Å². The van der Waals surface area contributed by atoms with Gasteiger partial charge in [-0.25, -0.2) is 9.07 Å². The Morgan fingerprint density at radius 3 is 2.67 bits per heavy atom. The largest absolute Gasteiger partial charge is 0.379 e. The second kappa shape index (κ2) is 5.79. The fraction of sp³-hybridized carbons (Fsp3) is 0.118. The summed E-state index contributed by atoms with van der Waals surface area (Å²) in [6.45, 7) is 2.43. The van der Waals surface area contributed by atoms with Crippen LogP contribution in [0, 0.1) is 12.7 Å². The molecule has 0 aliphatic heterocycles. The summed E-state index contributed by atoms with van der Waals surface area (Å²) >= 11 is 0. The Bertz CT molecular complexity index is 715. The minimum absolute atomic E-state index is 0.229. The third-order valence-corrected chi connectivity index (χ3v) is 3.18. The third kappa shape index (κ3) is 3.28. The zero-order valence-electron chi connectivity index (χ0n) is 11.8. The van der Waals surface area contributed by atoms with Crippen molar-refractivity contribution in [1.82, 2.24) is 9.78 Å². The van der Waals surface area contributed by atoms with E-state index in [1.54, 1.807) is 0 Å². The van der Waals surface area contributed by atoms with Gasteiger partial charge in [0.1, 0.15) is 5.82 Å². The van der Waals surface area contributed by atoms with E-state index >= 15 is 0 Å². The number of rotatable bonds is 4. The molecule has 2 aromatic carbocycles. The Labute approximate surface area is 123 Å². The van der Waals surface area contributed by atoms with E-state index in [0.29, 0.717) is 6.54 Å². The molecule has 0 aliphatic rings. The second-order valence-corrected chi connectivity index (χ2v) is 4.96. The highest BCUT2D eigenvalue weighted by Gasteiger charge is 2.02. The lowest BCUT2D eigenvalue weighted by atomic mass is 10.2. The standard InChI is InChI=1S/C17H16FN3/c1-13-9-14(18)11-16(10-13)19-12-15-7-8-21(20-15)17-5-3-2-4-6-17/h2-11,19H,12H2,1H3. The van der Waals surface area contributed by atoms with Crippen molar-refractivity contribution in [2.45, 2.75) is 13.5 Å². The molecular formula is C17H16FN3. The van der Waals surface area contributed by atoms with Gasteiger partial charge in [-0.1, -0.05) is 18.2 Å². The van der Waals surface area contributed by atoms with Crippen molar-refractivity contribution in [3.8, 4) is 5.69 Å². The van der Waals surface area contributed by atoms with E-state index in [-0.39, 0.29) is 5.82 Å². The molecule has 3 rings (SSSR count). The summed E-state index contributed by atoms with van der Waals surface area (Å²) in [5, 5.41) is 7.69. The number of hydrogen-bond acceptors (Lipinski definition) is 2. The molecule has 21 heavy (non-hydrogen) atoms. The molecule has 3 aromatic rings. The van der Waals surface area contributed by atoms with Crippen LogP contribution in [0.5, 0.6) is 0 Å². The van der Waals surface area contributed by atoms with E-state index in [1.807, 2.05) is 60.3 Å².